The SMILES string of the molecule is CC(=O)OC[N+]1(C)CCN(Cc2ccc(C(=O)Nc3ccc(C)c(Nc4nccc(-c5cccnc5)n4)c3)cc2)CC1.F[B-](F)(F)F.c1ccccc1. The maximum atomic E-state index is 13.0. The monoisotopic (exact) mass is 731 g/mol. The number of hydrogen-bond donors (Lipinski definition) is 2. The number of ether oxygens (including phenoxy) is 1. The summed E-state index contributed by atoms with van der Waals surface area (Å²) in [5.41, 5.74) is 5.88. The number of benzene rings is 3. The van der Waals surface area contributed by atoms with Gasteiger partial charge in [-0.25, -0.2) is 9.97 Å². The standard InChI is InChI=1S/C32H35N7O3.C6H6.BF4/c1-23-6-11-28(19-30(23)37-32-34-14-12-29(36-32)27-5-4-13-33-20-27)35-31(41)26-9-7-25(8-10-26)21-38-15-17-39(3,18-16-38)22-42-24(2)40;1-2-4-6-5-3-1;2-1(3,4)5/h4-14,19-20H,15-18,21-22H2,1-3H3,(H-,34,35,36,37,41);1-6H;/q;;-1/p+1. The summed E-state index contributed by atoms with van der Waals surface area (Å²) < 4.78 is 45.0. The number of halogens is 4. The molecule has 53 heavy (non-hydrogen) atoms. The lowest BCUT2D eigenvalue weighted by Gasteiger charge is -2.41. The van der Waals surface area contributed by atoms with E-state index in [-0.39, 0.29) is 11.9 Å². The molecule has 1 fully saturated rings. The van der Waals surface area contributed by atoms with Crippen LogP contribution in [0.2, 0.25) is 0 Å². The molecule has 0 saturated carbocycles. The zero-order valence-electron chi connectivity index (χ0n) is 29.8. The highest BCUT2D eigenvalue weighted by Crippen LogP contribution is 2.25. The summed E-state index contributed by atoms with van der Waals surface area (Å²) in [6, 6.07) is 31.1. The fourth-order valence-electron chi connectivity index (χ4n) is 5.18. The van der Waals surface area contributed by atoms with Gasteiger partial charge in [-0.15, -0.1) is 0 Å². The van der Waals surface area contributed by atoms with E-state index in [1.807, 2.05) is 104 Å². The predicted molar refractivity (Wildman–Crippen MR) is 199 cm³/mol. The molecule has 278 valence electrons. The number of aryl methyl sites for hydroxylation is 1. The van der Waals surface area contributed by atoms with E-state index < -0.39 is 7.25 Å². The maximum absolute atomic E-state index is 13.0. The Morgan fingerprint density at radius 2 is 1.53 bits per heavy atom. The van der Waals surface area contributed by atoms with Crippen molar-refractivity contribution in [3.8, 4) is 11.3 Å². The van der Waals surface area contributed by atoms with Gasteiger partial charge < -0.3 is 32.6 Å². The van der Waals surface area contributed by atoms with Gasteiger partial charge in [-0.3, -0.25) is 24.0 Å². The van der Waals surface area contributed by atoms with Crippen LogP contribution in [0.5, 0.6) is 0 Å². The second-order valence-corrected chi connectivity index (χ2v) is 12.6. The summed E-state index contributed by atoms with van der Waals surface area (Å²) in [6.07, 6.45) is 5.19. The molecule has 5 aromatic rings. The first kappa shape index (κ1) is 40.1. The summed E-state index contributed by atoms with van der Waals surface area (Å²) in [5.74, 6) is 0.0424. The van der Waals surface area contributed by atoms with Crippen molar-refractivity contribution in [3.05, 3.63) is 132 Å². The van der Waals surface area contributed by atoms with E-state index in [2.05, 4.69) is 37.5 Å². The van der Waals surface area contributed by atoms with Crippen LogP contribution in [-0.4, -0.2) is 83.4 Å². The molecule has 1 aliphatic heterocycles. The average Bonchev–Trinajstić information content (AvgIpc) is 3.14. The second kappa shape index (κ2) is 19.3. The van der Waals surface area contributed by atoms with Gasteiger partial charge in [0.05, 0.1) is 25.8 Å². The number of amides is 1. The predicted octanol–water partition coefficient (Wildman–Crippen LogP) is 7.61. The number of aromatic nitrogens is 3. The number of quaternary nitrogens is 1. The van der Waals surface area contributed by atoms with E-state index in [9.17, 15) is 26.9 Å². The van der Waals surface area contributed by atoms with Crippen LogP contribution in [0.15, 0.2) is 116 Å². The Morgan fingerprint density at radius 1 is 0.887 bits per heavy atom. The fourth-order valence-corrected chi connectivity index (χ4v) is 5.18. The molecule has 2 aromatic heterocycles. The van der Waals surface area contributed by atoms with E-state index in [0.717, 1.165) is 65.3 Å². The largest absolute Gasteiger partial charge is 0.673 e. The van der Waals surface area contributed by atoms with Crippen molar-refractivity contribution < 1.29 is 36.1 Å². The Morgan fingerprint density at radius 3 is 2.11 bits per heavy atom. The molecular weight excluding hydrogens is 689 g/mol. The van der Waals surface area contributed by atoms with Crippen molar-refractivity contribution in [3.63, 3.8) is 0 Å². The van der Waals surface area contributed by atoms with E-state index in [1.165, 1.54) is 6.92 Å². The van der Waals surface area contributed by atoms with Crippen LogP contribution in [0.3, 0.4) is 0 Å². The van der Waals surface area contributed by atoms with Crippen molar-refractivity contribution >= 4 is 36.5 Å². The molecule has 1 amide bonds. The van der Waals surface area contributed by atoms with E-state index in [0.29, 0.717) is 23.9 Å². The Balaban J connectivity index is 0.000000492. The van der Waals surface area contributed by atoms with Crippen LogP contribution in [0.4, 0.5) is 34.6 Å². The lowest BCUT2D eigenvalue weighted by atomic mass is 10.1. The molecule has 6 rings (SSSR count). The van der Waals surface area contributed by atoms with Gasteiger partial charge >= 0.3 is 13.2 Å². The topological polar surface area (TPSA) is 109 Å². The molecule has 0 spiro atoms. The highest BCUT2D eigenvalue weighted by Gasteiger charge is 2.29. The number of esters is 1. The number of nitrogens with one attached hydrogen (secondary N) is 2. The Bertz CT molecular complexity index is 1860. The minimum absolute atomic E-state index is 0.178. The molecule has 10 nitrogen and oxygen atoms in total. The number of anilines is 3. The van der Waals surface area contributed by atoms with Gasteiger partial charge in [-0.2, -0.15) is 0 Å². The molecule has 0 atom stereocenters. The maximum Gasteiger partial charge on any atom is 0.673 e. The molecule has 2 N–H and O–H groups in total. The number of carbonyl (C=O) groups excluding carboxylic acids is 2. The van der Waals surface area contributed by atoms with Gasteiger partial charge in [0.25, 0.3) is 5.91 Å². The van der Waals surface area contributed by atoms with Gasteiger partial charge in [0, 0.05) is 67.7 Å². The summed E-state index contributed by atoms with van der Waals surface area (Å²) >= 11 is 0. The number of piperazine rings is 1. The van der Waals surface area contributed by atoms with Gasteiger partial charge in [0.1, 0.15) is 0 Å². The molecule has 0 unspecified atom stereocenters. The zero-order chi connectivity index (χ0) is 38.3. The van der Waals surface area contributed by atoms with Crippen molar-refractivity contribution in [2.45, 2.75) is 20.4 Å². The molecule has 0 radical (unpaired) electrons. The average molecular weight is 732 g/mol. The van der Waals surface area contributed by atoms with Crippen LogP contribution < -0.4 is 10.6 Å². The molecule has 3 aromatic carbocycles. The minimum atomic E-state index is -6.00. The minimum Gasteiger partial charge on any atom is -0.418 e. The van der Waals surface area contributed by atoms with Crippen LogP contribution in [0.25, 0.3) is 11.3 Å². The lowest BCUT2D eigenvalue weighted by Crippen LogP contribution is -2.57. The van der Waals surface area contributed by atoms with Crippen LogP contribution in [-0.2, 0) is 16.1 Å². The Hall–Kier alpha value is -5.67. The van der Waals surface area contributed by atoms with E-state index in [4.69, 9.17) is 4.74 Å². The van der Waals surface area contributed by atoms with Crippen molar-refractivity contribution in [2.75, 3.05) is 50.6 Å². The van der Waals surface area contributed by atoms with E-state index in [1.54, 1.807) is 18.6 Å². The molecular formula is C38H42BF4N7O3. The lowest BCUT2D eigenvalue weighted by molar-refractivity contribution is -0.929. The zero-order valence-corrected chi connectivity index (χ0v) is 29.8. The highest BCUT2D eigenvalue weighted by molar-refractivity contribution is 6.50. The summed E-state index contributed by atoms with van der Waals surface area (Å²) in [4.78, 5) is 39.7. The quantitative estimate of drug-likeness (QED) is 0.0691. The number of pyridine rings is 1. The summed E-state index contributed by atoms with van der Waals surface area (Å²) in [6.45, 7) is 8.34. The summed E-state index contributed by atoms with van der Waals surface area (Å²) in [5, 5.41) is 6.28. The Kier molecular flexibility index (Phi) is 14.6. The molecule has 1 saturated heterocycles. The number of carbonyl (C=O) groups is 2. The fraction of sp³-hybridized carbons (Fsp3) is 0.237. The number of rotatable bonds is 9. The molecule has 1 aliphatic rings. The third kappa shape index (κ3) is 14.5. The van der Waals surface area contributed by atoms with Gasteiger partial charge in [-0.05, 0) is 60.5 Å². The van der Waals surface area contributed by atoms with Crippen LogP contribution >= 0.6 is 0 Å². The van der Waals surface area contributed by atoms with Crippen molar-refractivity contribution in [2.24, 2.45) is 0 Å². The molecule has 0 bridgehead atoms. The smallest absolute Gasteiger partial charge is 0.418 e. The van der Waals surface area contributed by atoms with Crippen molar-refractivity contribution in [1.29, 1.82) is 0 Å². The number of nitrogens with zero attached hydrogens (tertiary/aromatic N) is 5. The van der Waals surface area contributed by atoms with Gasteiger partial charge in [0.15, 0.2) is 0 Å². The normalized spacial score (nSPS) is 13.6. The third-order valence-corrected chi connectivity index (χ3v) is 8.14. The molecule has 0 aliphatic carbocycles. The van der Waals surface area contributed by atoms with Crippen molar-refractivity contribution in [1.82, 2.24) is 19.9 Å². The van der Waals surface area contributed by atoms with Crippen LogP contribution in [0, 0.1) is 6.92 Å². The van der Waals surface area contributed by atoms with E-state index >= 15 is 0 Å². The number of likely N-dealkylation sites (N-methyl/N-ethyl adjacent to an activating group) is 1. The first-order chi connectivity index (χ1) is 25.3. The number of hydrogen-bond acceptors (Lipinski definition) is 8. The highest BCUT2D eigenvalue weighted by atomic mass is 19.5. The van der Waals surface area contributed by atoms with Crippen LogP contribution in [0.1, 0.15) is 28.4 Å². The molecule has 15 heteroatoms. The first-order valence-corrected chi connectivity index (χ1v) is 16.8. The second-order valence-electron chi connectivity index (χ2n) is 12.6. The van der Waals surface area contributed by atoms with Gasteiger partial charge in [-0.1, -0.05) is 54.6 Å². The third-order valence-electron chi connectivity index (χ3n) is 8.14. The van der Waals surface area contributed by atoms with Gasteiger partial charge in [0.2, 0.25) is 12.7 Å². The Labute approximate surface area is 306 Å². The summed E-state index contributed by atoms with van der Waals surface area (Å²) in [7, 11) is -3.88. The first-order valence-electron chi connectivity index (χ1n) is 16.8. The molecule has 3 heterocycles.